The molecule has 0 N–H and O–H groups in total. The van der Waals surface area contributed by atoms with Crippen molar-refractivity contribution in [3.05, 3.63) is 38.3 Å². The monoisotopic (exact) mass is 332 g/mol. The lowest BCUT2D eigenvalue weighted by atomic mass is 9.67. The highest BCUT2D eigenvalue weighted by Crippen LogP contribution is 2.52. The lowest BCUT2D eigenvalue weighted by Gasteiger charge is -2.37. The minimum absolute atomic E-state index is 0.130. The molecule has 1 fully saturated rings. The van der Waals surface area contributed by atoms with Crippen LogP contribution in [0.5, 0.6) is 0 Å². The van der Waals surface area contributed by atoms with Gasteiger partial charge in [-0.25, -0.2) is 4.98 Å². The minimum atomic E-state index is 0.130. The van der Waals surface area contributed by atoms with Gasteiger partial charge in [0.25, 0.3) is 5.56 Å². The third kappa shape index (κ3) is 1.46. The van der Waals surface area contributed by atoms with E-state index in [0.29, 0.717) is 0 Å². The standard InChI is InChI=1S/C16H17BrN2O/c1-9-6-11-13(12(17)7-9)18-15-16(4-3-5-16)8-10(2)19(15)14(11)20/h6-7,10H,3-5,8H2,1-2H3/t10-/m0/s1. The molecule has 1 aliphatic carbocycles. The Labute approximate surface area is 126 Å². The number of fused-ring (bicyclic) bond motifs is 3. The fourth-order valence-corrected chi connectivity index (χ4v) is 4.62. The second-order valence-electron chi connectivity index (χ2n) is 6.44. The molecule has 1 spiro atoms. The first kappa shape index (κ1) is 12.6. The lowest BCUT2D eigenvalue weighted by molar-refractivity contribution is 0.230. The highest BCUT2D eigenvalue weighted by molar-refractivity contribution is 9.10. The van der Waals surface area contributed by atoms with E-state index in [-0.39, 0.29) is 17.0 Å². The van der Waals surface area contributed by atoms with E-state index in [2.05, 4.69) is 22.9 Å². The van der Waals surface area contributed by atoms with E-state index in [1.54, 1.807) is 0 Å². The number of hydrogen-bond acceptors (Lipinski definition) is 2. The molecule has 1 saturated carbocycles. The fraction of sp³-hybridized carbons (Fsp3) is 0.500. The van der Waals surface area contributed by atoms with Crippen LogP contribution in [0.2, 0.25) is 0 Å². The van der Waals surface area contributed by atoms with Gasteiger partial charge in [0.15, 0.2) is 0 Å². The van der Waals surface area contributed by atoms with Crippen molar-refractivity contribution in [2.45, 2.75) is 51.0 Å². The SMILES string of the molecule is Cc1cc(Br)c2nc3n(c(=O)c2c1)[C@@H](C)CC31CCC1. The van der Waals surface area contributed by atoms with Gasteiger partial charge in [0.1, 0.15) is 5.82 Å². The molecule has 4 rings (SSSR count). The number of benzene rings is 1. The van der Waals surface area contributed by atoms with Gasteiger partial charge in [0.05, 0.1) is 10.9 Å². The summed E-state index contributed by atoms with van der Waals surface area (Å²) in [5.74, 6) is 1.03. The number of rotatable bonds is 0. The Hall–Kier alpha value is -1.16. The average molecular weight is 333 g/mol. The Morgan fingerprint density at radius 2 is 2.15 bits per heavy atom. The smallest absolute Gasteiger partial charge is 0.261 e. The number of hydrogen-bond donors (Lipinski definition) is 0. The van der Waals surface area contributed by atoms with E-state index in [0.717, 1.165) is 33.2 Å². The van der Waals surface area contributed by atoms with E-state index in [4.69, 9.17) is 4.98 Å². The van der Waals surface area contributed by atoms with Crippen LogP contribution in [-0.4, -0.2) is 9.55 Å². The summed E-state index contributed by atoms with van der Waals surface area (Å²) < 4.78 is 2.88. The molecule has 3 nitrogen and oxygen atoms in total. The van der Waals surface area contributed by atoms with Crippen LogP contribution in [0.4, 0.5) is 0 Å². The Bertz CT molecular complexity index is 789. The third-order valence-corrected chi connectivity index (χ3v) is 5.62. The first-order valence-electron chi connectivity index (χ1n) is 7.25. The van der Waals surface area contributed by atoms with Gasteiger partial charge in [0, 0.05) is 15.9 Å². The minimum Gasteiger partial charge on any atom is -0.293 e. The maximum atomic E-state index is 12.9. The summed E-state index contributed by atoms with van der Waals surface area (Å²) in [6.45, 7) is 4.16. The van der Waals surface area contributed by atoms with Crippen LogP contribution in [0.1, 0.15) is 50.0 Å². The average Bonchev–Trinajstić information content (AvgIpc) is 2.64. The van der Waals surface area contributed by atoms with Crippen LogP contribution >= 0.6 is 15.9 Å². The van der Waals surface area contributed by atoms with Crippen LogP contribution < -0.4 is 5.56 Å². The van der Waals surface area contributed by atoms with E-state index in [9.17, 15) is 4.79 Å². The highest BCUT2D eigenvalue weighted by atomic mass is 79.9. The Kier molecular flexibility index (Phi) is 2.48. The summed E-state index contributed by atoms with van der Waals surface area (Å²) in [6.07, 6.45) is 4.69. The molecule has 1 atom stereocenters. The van der Waals surface area contributed by atoms with Crippen molar-refractivity contribution in [1.29, 1.82) is 0 Å². The van der Waals surface area contributed by atoms with Gasteiger partial charge < -0.3 is 0 Å². The van der Waals surface area contributed by atoms with E-state index in [1.807, 2.05) is 23.6 Å². The zero-order chi connectivity index (χ0) is 14.1. The van der Waals surface area contributed by atoms with Crippen LogP contribution in [0.3, 0.4) is 0 Å². The molecule has 4 heteroatoms. The zero-order valence-corrected chi connectivity index (χ0v) is 13.3. The van der Waals surface area contributed by atoms with Crippen molar-refractivity contribution < 1.29 is 0 Å². The molecule has 0 unspecified atom stereocenters. The van der Waals surface area contributed by atoms with Crippen molar-refractivity contribution in [2.24, 2.45) is 0 Å². The van der Waals surface area contributed by atoms with Gasteiger partial charge in [-0.3, -0.25) is 9.36 Å². The molecular formula is C16H17BrN2O. The van der Waals surface area contributed by atoms with Crippen LogP contribution in [0.15, 0.2) is 21.4 Å². The Morgan fingerprint density at radius 1 is 1.40 bits per heavy atom. The Morgan fingerprint density at radius 3 is 2.80 bits per heavy atom. The summed E-state index contributed by atoms with van der Waals surface area (Å²) in [4.78, 5) is 17.8. The van der Waals surface area contributed by atoms with Crippen LogP contribution in [0, 0.1) is 6.92 Å². The largest absolute Gasteiger partial charge is 0.293 e. The van der Waals surface area contributed by atoms with Gasteiger partial charge in [-0.1, -0.05) is 6.42 Å². The van der Waals surface area contributed by atoms with Gasteiger partial charge in [-0.2, -0.15) is 0 Å². The molecule has 0 amide bonds. The number of aryl methyl sites for hydroxylation is 1. The third-order valence-electron chi connectivity index (χ3n) is 5.01. The van der Waals surface area contributed by atoms with Crippen molar-refractivity contribution in [2.75, 3.05) is 0 Å². The summed E-state index contributed by atoms with van der Waals surface area (Å²) in [6, 6.07) is 4.27. The first-order chi connectivity index (χ1) is 9.52. The van der Waals surface area contributed by atoms with Gasteiger partial charge in [-0.05, 0) is 66.7 Å². The Balaban J connectivity index is 2.12. The molecule has 1 aromatic heterocycles. The van der Waals surface area contributed by atoms with Crippen LogP contribution in [-0.2, 0) is 5.41 Å². The van der Waals surface area contributed by atoms with E-state index < -0.39 is 0 Å². The van der Waals surface area contributed by atoms with Gasteiger partial charge >= 0.3 is 0 Å². The maximum absolute atomic E-state index is 12.9. The second kappa shape index (κ2) is 3.94. The van der Waals surface area contributed by atoms with Gasteiger partial charge in [-0.15, -0.1) is 0 Å². The summed E-state index contributed by atoms with van der Waals surface area (Å²) in [5.41, 5.74) is 2.22. The van der Waals surface area contributed by atoms with Gasteiger partial charge in [0.2, 0.25) is 0 Å². The number of halogens is 1. The predicted molar refractivity (Wildman–Crippen MR) is 83.3 cm³/mol. The number of aromatic nitrogens is 2. The highest BCUT2D eigenvalue weighted by Gasteiger charge is 2.48. The summed E-state index contributed by atoms with van der Waals surface area (Å²) in [7, 11) is 0. The zero-order valence-electron chi connectivity index (χ0n) is 11.7. The lowest BCUT2D eigenvalue weighted by Crippen LogP contribution is -2.34. The molecule has 0 radical (unpaired) electrons. The molecule has 0 bridgehead atoms. The topological polar surface area (TPSA) is 34.9 Å². The van der Waals surface area contributed by atoms with Crippen molar-refractivity contribution in [3.8, 4) is 0 Å². The molecule has 1 aliphatic heterocycles. The first-order valence-corrected chi connectivity index (χ1v) is 8.04. The fourth-order valence-electron chi connectivity index (χ4n) is 3.96. The predicted octanol–water partition coefficient (Wildman–Crippen LogP) is 3.85. The van der Waals surface area contributed by atoms with E-state index in [1.165, 1.54) is 19.3 Å². The van der Waals surface area contributed by atoms with Crippen LogP contribution in [0.25, 0.3) is 10.9 Å². The van der Waals surface area contributed by atoms with Crippen molar-refractivity contribution in [1.82, 2.24) is 9.55 Å². The molecule has 2 aromatic rings. The summed E-state index contributed by atoms with van der Waals surface area (Å²) >= 11 is 3.57. The summed E-state index contributed by atoms with van der Waals surface area (Å²) in [5, 5.41) is 0.740. The maximum Gasteiger partial charge on any atom is 0.261 e. The van der Waals surface area contributed by atoms with Crippen molar-refractivity contribution >= 4 is 26.8 Å². The molecule has 1 aromatic carbocycles. The van der Waals surface area contributed by atoms with Crippen molar-refractivity contribution in [3.63, 3.8) is 0 Å². The molecule has 2 heterocycles. The number of nitrogens with zero attached hydrogens (tertiary/aromatic N) is 2. The normalized spacial score (nSPS) is 23.1. The molecule has 20 heavy (non-hydrogen) atoms. The molecular weight excluding hydrogens is 316 g/mol. The van der Waals surface area contributed by atoms with E-state index >= 15 is 0 Å². The quantitative estimate of drug-likeness (QED) is 0.734. The second-order valence-corrected chi connectivity index (χ2v) is 7.29. The molecule has 104 valence electrons. The molecule has 2 aliphatic rings. The molecule has 0 saturated heterocycles.